The Hall–Kier alpha value is -3.05. The zero-order chi connectivity index (χ0) is 23.9. The van der Waals surface area contributed by atoms with Crippen LogP contribution in [0.4, 0.5) is 37.7 Å². The highest BCUT2D eigenvalue weighted by atomic mass is 32.2. The summed E-state index contributed by atoms with van der Waals surface area (Å²) in [6.45, 7) is 0. The van der Waals surface area contributed by atoms with Crippen molar-refractivity contribution in [1.82, 2.24) is 0 Å². The fourth-order valence-electron chi connectivity index (χ4n) is 2.38. The number of rotatable bonds is 2. The van der Waals surface area contributed by atoms with Crippen LogP contribution in [0.15, 0.2) is 30.3 Å². The van der Waals surface area contributed by atoms with Crippen LogP contribution in [0.3, 0.4) is 0 Å². The smallest absolute Gasteiger partial charge is 0.485 e. The molecule has 0 saturated heterocycles. The normalized spacial score (nSPS) is 12.5. The molecule has 0 amide bonds. The molecule has 1 heterocycles. The molecule has 0 aliphatic carbocycles. The maximum atomic E-state index is 13.3. The first-order chi connectivity index (χ1) is 13.9. The Morgan fingerprint density at radius 1 is 0.839 bits per heavy atom. The van der Waals surface area contributed by atoms with Crippen LogP contribution < -0.4 is 0 Å². The van der Waals surface area contributed by atoms with Gasteiger partial charge in [-0.25, -0.2) is 8.42 Å². The van der Waals surface area contributed by atoms with Crippen LogP contribution in [0.5, 0.6) is 0 Å². The zero-order valence-electron chi connectivity index (χ0n) is 14.3. The fourth-order valence-corrected chi connectivity index (χ4v) is 3.69. The molecule has 0 bridgehead atoms. The lowest BCUT2D eigenvalue weighted by Crippen LogP contribution is -2.21. The van der Waals surface area contributed by atoms with Crippen molar-refractivity contribution in [2.45, 2.75) is 11.7 Å². The Morgan fingerprint density at radius 2 is 1.32 bits per heavy atom. The summed E-state index contributed by atoms with van der Waals surface area (Å²) in [5.74, 6) is 0. The summed E-state index contributed by atoms with van der Waals surface area (Å²) in [5, 5.41) is 21.7. The molecule has 0 unspecified atom stereocenters. The van der Waals surface area contributed by atoms with Gasteiger partial charge < -0.3 is 4.55 Å². The molecule has 168 valence electrons. The minimum Gasteiger partial charge on any atom is -0.741 e. The maximum Gasteiger partial charge on any atom is 0.485 e. The van der Waals surface area contributed by atoms with E-state index < -0.39 is 42.9 Å². The van der Waals surface area contributed by atoms with E-state index in [2.05, 4.69) is 0 Å². The number of non-ortho nitro benzene ring substituents is 2. The van der Waals surface area contributed by atoms with E-state index in [0.29, 0.717) is 10.8 Å². The van der Waals surface area contributed by atoms with E-state index in [9.17, 15) is 46.6 Å². The largest absolute Gasteiger partial charge is 0.741 e. The number of fused-ring (bicyclic) bond motifs is 3. The van der Waals surface area contributed by atoms with Crippen molar-refractivity contribution in [2.24, 2.45) is 0 Å². The summed E-state index contributed by atoms with van der Waals surface area (Å²) in [7, 11) is -6.09. The molecule has 0 fully saturated rings. The second-order valence-corrected chi connectivity index (χ2v) is 8.17. The first-order valence-electron chi connectivity index (χ1n) is 7.36. The third-order valence-electron chi connectivity index (χ3n) is 3.60. The van der Waals surface area contributed by atoms with Gasteiger partial charge in [0, 0.05) is 17.5 Å². The number of hydrogen-bond donors (Lipinski definition) is 0. The summed E-state index contributed by atoms with van der Waals surface area (Å²) in [5.41, 5.74) is -7.66. The van der Waals surface area contributed by atoms with Crippen LogP contribution >= 0.6 is 11.3 Å². The average molecular weight is 492 g/mol. The monoisotopic (exact) mass is 492 g/mol. The molecule has 17 heteroatoms. The molecule has 0 N–H and O–H groups in total. The molecule has 2 aromatic carbocycles. The Kier molecular flexibility index (Phi) is 6.17. The highest BCUT2D eigenvalue weighted by molar-refractivity contribution is 7.86. The van der Waals surface area contributed by atoms with Crippen LogP contribution in [-0.4, -0.2) is 28.3 Å². The van der Waals surface area contributed by atoms with E-state index in [4.69, 9.17) is 13.0 Å². The highest BCUT2D eigenvalue weighted by Gasteiger charge is 2.38. The zero-order valence-corrected chi connectivity index (χ0v) is 16.0. The number of hydrogen-bond acceptors (Lipinski definition) is 7. The number of nitrogens with zero attached hydrogens (tertiary/aromatic N) is 2. The fraction of sp³-hybridized carbons (Fsp3) is 0.143. The lowest BCUT2D eigenvalue weighted by Gasteiger charge is -2.08. The van der Waals surface area contributed by atoms with Crippen LogP contribution in [0.2, 0.25) is 0 Å². The number of thiophene rings is 1. The molecular formula is C14H6F6N2O7S2. The van der Waals surface area contributed by atoms with Gasteiger partial charge in [-0.15, -0.1) is 0 Å². The van der Waals surface area contributed by atoms with E-state index in [1.807, 2.05) is 0 Å². The molecule has 9 nitrogen and oxygen atoms in total. The molecule has 31 heavy (non-hydrogen) atoms. The predicted molar refractivity (Wildman–Crippen MR) is 94.8 cm³/mol. The van der Waals surface area contributed by atoms with Gasteiger partial charge in [-0.05, 0) is 17.4 Å². The molecule has 0 radical (unpaired) electrons. The summed E-state index contributed by atoms with van der Waals surface area (Å²) < 4.78 is 99.1. The highest BCUT2D eigenvalue weighted by Crippen LogP contribution is 2.45. The summed E-state index contributed by atoms with van der Waals surface area (Å²) in [6, 6.07) is 5.10. The number of nitro benzene ring substituents is 2. The summed E-state index contributed by atoms with van der Waals surface area (Å²) in [4.78, 5) is 20.1. The van der Waals surface area contributed by atoms with Crippen LogP contribution in [-0.2, 0) is 16.3 Å². The van der Waals surface area contributed by atoms with Gasteiger partial charge in [0.2, 0.25) is 0 Å². The molecule has 3 aromatic rings. The van der Waals surface area contributed by atoms with Gasteiger partial charge in [0.15, 0.2) is 19.5 Å². The van der Waals surface area contributed by atoms with Gasteiger partial charge in [-0.3, -0.25) is 20.2 Å². The Bertz CT molecular complexity index is 1300. The molecule has 0 saturated carbocycles. The lowest BCUT2D eigenvalue weighted by atomic mass is 10.0. The molecule has 3 rings (SSSR count). The first-order valence-corrected chi connectivity index (χ1v) is 9.66. The Labute approximate surface area is 170 Å². The van der Waals surface area contributed by atoms with E-state index in [-0.39, 0.29) is 32.5 Å². The van der Waals surface area contributed by atoms with Crippen molar-refractivity contribution in [3.8, 4) is 0 Å². The SMILES string of the molecule is O=S(=O)([O-])C(F)(F)F.O=[N+]([O-])c1ccc2c(c1)[sH+]c1cc([N+](=O)[O-])cc(C(F)(F)F)c12. The predicted octanol–water partition coefficient (Wildman–Crippen LogP) is 4.67. The van der Waals surface area contributed by atoms with Crippen LogP contribution in [0.25, 0.3) is 20.2 Å². The summed E-state index contributed by atoms with van der Waals surface area (Å²) in [6.07, 6.45) is -4.77. The molecule has 0 spiro atoms. The first kappa shape index (κ1) is 24.2. The summed E-state index contributed by atoms with van der Waals surface area (Å²) >= 11 is 0.271. The number of nitro groups is 2. The standard InChI is InChI=1S/C13H5F3N2O4S.CHF3O3S/c14-13(15,16)9-3-7(18(21)22)5-11-12(9)8-2-1-6(17(19)20)4-10(8)23-11;2-1(3,4)8(5,6)7/h1-5H;(H,5,6,7). The van der Waals surface area contributed by atoms with Crippen molar-refractivity contribution in [2.75, 3.05) is 0 Å². The molecule has 0 aliphatic rings. The second kappa shape index (κ2) is 7.89. The second-order valence-electron chi connectivity index (χ2n) is 5.61. The van der Waals surface area contributed by atoms with Gasteiger partial charge in [0.25, 0.3) is 11.4 Å². The van der Waals surface area contributed by atoms with Crippen molar-refractivity contribution < 1.29 is 49.2 Å². The number of alkyl halides is 6. The van der Waals surface area contributed by atoms with Gasteiger partial charge in [-0.1, -0.05) is 0 Å². The van der Waals surface area contributed by atoms with Crippen molar-refractivity contribution in [3.63, 3.8) is 0 Å². The topological polar surface area (TPSA) is 143 Å². The molecule has 1 aromatic heterocycles. The van der Waals surface area contributed by atoms with Crippen molar-refractivity contribution >= 4 is 53.0 Å². The number of halogens is 6. The Balaban J connectivity index is 0.000000366. The minimum absolute atomic E-state index is 0.113. The van der Waals surface area contributed by atoms with E-state index >= 15 is 0 Å². The van der Waals surface area contributed by atoms with Gasteiger partial charge >= 0.3 is 11.7 Å². The van der Waals surface area contributed by atoms with Gasteiger partial charge in [0.1, 0.15) is 0 Å². The third-order valence-corrected chi connectivity index (χ3v) is 5.38. The van der Waals surface area contributed by atoms with E-state index in [1.165, 1.54) is 12.1 Å². The minimum atomic E-state index is -6.09. The average Bonchev–Trinajstić information content (AvgIpc) is 2.96. The third kappa shape index (κ3) is 5.17. The van der Waals surface area contributed by atoms with Crippen molar-refractivity contribution in [3.05, 3.63) is 56.1 Å². The van der Waals surface area contributed by atoms with Crippen molar-refractivity contribution in [1.29, 1.82) is 0 Å². The van der Waals surface area contributed by atoms with E-state index in [1.54, 1.807) is 0 Å². The Morgan fingerprint density at radius 3 is 1.74 bits per heavy atom. The van der Waals surface area contributed by atoms with Crippen LogP contribution in [0, 0.1) is 20.2 Å². The lowest BCUT2D eigenvalue weighted by molar-refractivity contribution is -0.385. The van der Waals surface area contributed by atoms with Crippen LogP contribution in [0.1, 0.15) is 5.56 Å². The van der Waals surface area contributed by atoms with E-state index in [0.717, 1.165) is 12.1 Å². The van der Waals surface area contributed by atoms with Gasteiger partial charge in [0.05, 0.1) is 32.9 Å². The van der Waals surface area contributed by atoms with Gasteiger partial charge in [-0.2, -0.15) is 26.3 Å². The maximum absolute atomic E-state index is 13.3. The molecule has 0 atom stereocenters. The quantitative estimate of drug-likeness (QED) is 0.126. The number of benzene rings is 2. The molecular weight excluding hydrogens is 486 g/mol. The molecule has 0 aliphatic heterocycles.